The van der Waals surface area contributed by atoms with Gasteiger partial charge in [0, 0.05) is 16.7 Å². The Kier molecular flexibility index (Phi) is 9.05. The van der Waals surface area contributed by atoms with Gasteiger partial charge in [0.1, 0.15) is 23.0 Å². The molecule has 1 saturated heterocycles. The van der Waals surface area contributed by atoms with Gasteiger partial charge in [-0.15, -0.1) is 0 Å². The molecule has 4 atom stereocenters. The van der Waals surface area contributed by atoms with Crippen LogP contribution in [0.4, 0.5) is 0 Å². The third-order valence-electron chi connectivity index (χ3n) is 7.06. The summed E-state index contributed by atoms with van der Waals surface area (Å²) in [5.41, 5.74) is 5.21. The minimum absolute atomic E-state index is 0.508. The molecular weight excluding hydrogens is 572 g/mol. The maximum Gasteiger partial charge on any atom is 0.130 e. The molecule has 0 radical (unpaired) electrons. The van der Waals surface area contributed by atoms with E-state index in [1.807, 2.05) is 6.07 Å². The lowest BCUT2D eigenvalue weighted by Gasteiger charge is -2.54. The molecule has 0 aliphatic carbocycles. The Labute approximate surface area is 243 Å². The predicted octanol–water partition coefficient (Wildman–Crippen LogP) is 8.16. The van der Waals surface area contributed by atoms with Gasteiger partial charge >= 0.3 is 0 Å². The highest BCUT2D eigenvalue weighted by molar-refractivity contribution is 9.13. The molecule has 5 rings (SSSR count). The van der Waals surface area contributed by atoms with Gasteiger partial charge in [0.05, 0.1) is 28.4 Å². The summed E-state index contributed by atoms with van der Waals surface area (Å²) in [7, 11) is 4.80. The normalized spacial score (nSPS) is 20.0. The second-order valence-electron chi connectivity index (χ2n) is 9.81. The maximum atomic E-state index is 6.07. The molecule has 4 aromatic carbocycles. The molecule has 0 N–H and O–H groups in total. The van der Waals surface area contributed by atoms with Gasteiger partial charge in [-0.2, -0.15) is 0 Å². The number of rotatable bonds is 8. The van der Waals surface area contributed by atoms with Gasteiger partial charge in [-0.05, 0) is 127 Å². The quantitative estimate of drug-likeness (QED) is 0.189. The van der Waals surface area contributed by atoms with Crippen LogP contribution in [0.3, 0.4) is 0 Å². The smallest absolute Gasteiger partial charge is 0.130 e. The van der Waals surface area contributed by atoms with Crippen LogP contribution in [0.25, 0.3) is 0 Å². The Morgan fingerprint density at radius 2 is 0.800 bits per heavy atom. The third kappa shape index (κ3) is 5.38. The first-order valence-electron chi connectivity index (χ1n) is 13.1. The third-order valence-corrected chi connectivity index (χ3v) is 39.4. The highest BCUT2D eigenvalue weighted by Gasteiger charge is 2.55. The van der Waals surface area contributed by atoms with Gasteiger partial charge in [0.25, 0.3) is 0 Å². The zero-order chi connectivity index (χ0) is 28.6. The van der Waals surface area contributed by atoms with Crippen molar-refractivity contribution in [3.63, 3.8) is 0 Å². The number of aryl methyl sites for hydroxylation is 4. The molecule has 0 bridgehead atoms. The van der Waals surface area contributed by atoms with E-state index in [2.05, 4.69) is 94.4 Å². The summed E-state index contributed by atoms with van der Waals surface area (Å²) in [6, 6.07) is 26.8. The number of methoxy groups -OCH3 is 4. The minimum atomic E-state index is -0.604. The standard InChI is InChI=1S/C32H36O4P4/c1-21-9-13-29(23(3)17-21)37-38(30-15-11-25(33-5)19-24(30)4)40(32-16-12-26(34-6)20-28(32)36-8)39(37)31-14-10-22(2)18-27(31)35-7/h9-20H,1-8H3. The highest BCUT2D eigenvalue weighted by Crippen LogP contribution is 3.18. The van der Waals surface area contributed by atoms with E-state index in [0.717, 1.165) is 23.0 Å². The first kappa shape index (κ1) is 29.3. The molecule has 4 nitrogen and oxygen atoms in total. The lowest BCUT2D eigenvalue weighted by atomic mass is 10.2. The van der Waals surface area contributed by atoms with Crippen LogP contribution in [0.15, 0.2) is 72.8 Å². The second-order valence-corrected chi connectivity index (χ2v) is 27.4. The van der Waals surface area contributed by atoms with Gasteiger partial charge in [0.2, 0.25) is 0 Å². The van der Waals surface area contributed by atoms with E-state index in [9.17, 15) is 0 Å². The largest absolute Gasteiger partial charge is 0.497 e. The van der Waals surface area contributed by atoms with E-state index in [0.29, 0.717) is 0 Å². The Morgan fingerprint density at radius 3 is 1.30 bits per heavy atom. The van der Waals surface area contributed by atoms with Gasteiger partial charge in [-0.3, -0.25) is 0 Å². The molecule has 1 aliphatic heterocycles. The summed E-state index contributed by atoms with van der Waals surface area (Å²) < 4.78 is 23.3. The molecule has 0 saturated carbocycles. The summed E-state index contributed by atoms with van der Waals surface area (Å²) in [6.45, 7) is 8.84. The minimum Gasteiger partial charge on any atom is -0.497 e. The SMILES string of the molecule is COc1ccc(P2P(c3ccc(C)cc3C)P(c3ccc(C)cc3OC)P2c2ccc(OC)cc2OC)c(C)c1. The molecule has 40 heavy (non-hydrogen) atoms. The van der Waals surface area contributed by atoms with Crippen molar-refractivity contribution in [2.75, 3.05) is 28.4 Å². The zero-order valence-electron chi connectivity index (χ0n) is 24.4. The first-order chi connectivity index (χ1) is 19.3. The van der Waals surface area contributed by atoms with E-state index in [1.165, 1.54) is 43.5 Å². The van der Waals surface area contributed by atoms with Crippen molar-refractivity contribution in [1.82, 2.24) is 0 Å². The average molecular weight is 609 g/mol. The first-order valence-corrected chi connectivity index (χ1v) is 21.3. The lowest BCUT2D eigenvalue weighted by Crippen LogP contribution is -2.22. The van der Waals surface area contributed by atoms with Gasteiger partial charge in [0.15, 0.2) is 0 Å². The summed E-state index contributed by atoms with van der Waals surface area (Å²) in [4.78, 5) is 0. The molecule has 1 aliphatic rings. The Bertz CT molecular complexity index is 1540. The predicted molar refractivity (Wildman–Crippen MR) is 177 cm³/mol. The van der Waals surface area contributed by atoms with Crippen molar-refractivity contribution in [3.05, 3.63) is 95.1 Å². The monoisotopic (exact) mass is 608 g/mol. The van der Waals surface area contributed by atoms with E-state index in [4.69, 9.17) is 18.9 Å². The van der Waals surface area contributed by atoms with Crippen molar-refractivity contribution in [2.45, 2.75) is 27.7 Å². The van der Waals surface area contributed by atoms with Crippen molar-refractivity contribution in [3.8, 4) is 23.0 Å². The van der Waals surface area contributed by atoms with Crippen LogP contribution in [0.5, 0.6) is 23.0 Å². The summed E-state index contributed by atoms with van der Waals surface area (Å²) in [5.74, 6) is 3.64. The summed E-state index contributed by atoms with van der Waals surface area (Å²) in [6.07, 6.45) is 0. The van der Waals surface area contributed by atoms with Crippen molar-refractivity contribution in [2.24, 2.45) is 0 Å². The molecule has 4 unspecified atom stereocenters. The molecule has 8 heteroatoms. The fourth-order valence-electron chi connectivity index (χ4n) is 5.02. The van der Waals surface area contributed by atoms with Gasteiger partial charge in [-0.25, -0.2) is 0 Å². The topological polar surface area (TPSA) is 36.9 Å². The molecule has 1 heterocycles. The molecule has 4 aromatic rings. The molecular formula is C32H36O4P4. The number of hydrogen-bond acceptors (Lipinski definition) is 4. The van der Waals surface area contributed by atoms with E-state index in [1.54, 1.807) is 28.4 Å². The van der Waals surface area contributed by atoms with Crippen molar-refractivity contribution < 1.29 is 18.9 Å². The zero-order valence-corrected chi connectivity index (χ0v) is 27.9. The Balaban J connectivity index is 1.80. The van der Waals surface area contributed by atoms with Crippen LogP contribution in [-0.4, -0.2) is 28.4 Å². The lowest BCUT2D eigenvalue weighted by molar-refractivity contribution is 0.396. The number of benzene rings is 4. The molecule has 1 fully saturated rings. The van der Waals surface area contributed by atoms with E-state index >= 15 is 0 Å². The Hall–Kier alpha value is -2.20. The van der Waals surface area contributed by atoms with Crippen LogP contribution in [0, 0.1) is 27.7 Å². The van der Waals surface area contributed by atoms with Crippen LogP contribution in [-0.2, 0) is 0 Å². The van der Waals surface area contributed by atoms with Crippen LogP contribution in [0.1, 0.15) is 22.3 Å². The summed E-state index contributed by atoms with van der Waals surface area (Å²) >= 11 is 0. The molecule has 0 aromatic heterocycles. The average Bonchev–Trinajstić information content (AvgIpc) is 2.95. The van der Waals surface area contributed by atoms with Gasteiger partial charge in [-0.1, -0.05) is 29.8 Å². The van der Waals surface area contributed by atoms with Gasteiger partial charge < -0.3 is 18.9 Å². The highest BCUT2D eigenvalue weighted by atomic mass is 33.0. The van der Waals surface area contributed by atoms with Crippen LogP contribution in [0.2, 0.25) is 0 Å². The Morgan fingerprint density at radius 1 is 0.400 bits per heavy atom. The molecule has 0 spiro atoms. The van der Waals surface area contributed by atoms with E-state index in [-0.39, 0.29) is 0 Å². The number of ether oxygens (including phenoxy) is 4. The fraction of sp³-hybridized carbons (Fsp3) is 0.250. The van der Waals surface area contributed by atoms with Crippen LogP contribution < -0.4 is 40.2 Å². The second kappa shape index (κ2) is 12.3. The summed E-state index contributed by atoms with van der Waals surface area (Å²) in [5, 5.41) is 5.66. The van der Waals surface area contributed by atoms with E-state index < -0.39 is 29.2 Å². The maximum absolute atomic E-state index is 6.07. The van der Waals surface area contributed by atoms with Crippen LogP contribution >= 0.6 is 29.2 Å². The van der Waals surface area contributed by atoms with Crippen molar-refractivity contribution in [1.29, 1.82) is 0 Å². The molecule has 0 amide bonds. The number of hydrogen-bond donors (Lipinski definition) is 0. The molecule has 208 valence electrons. The van der Waals surface area contributed by atoms with Crippen molar-refractivity contribution >= 4 is 50.4 Å². The fourth-order valence-corrected chi connectivity index (χ4v) is 43.8.